The minimum atomic E-state index is -0.739. The fraction of sp³-hybridized carbons (Fsp3) is 0.778. The maximum Gasteiger partial charge on any atom is 0.362 e. The SMILES string of the molecule is CC[C@H]1[C@H]2C[C@H]3[C@@H]4N(C)c5ccccc5[C@]45C[C@@H]([C@@H]2[C@@H]5O)[N@@+]3(CC(=O)O[C@H]2CC[C@@]3(C)[C@H](CC[C@@H]4[C@@H]3CC[C@]3(C)[C@@H](C5=CC(=O)OC5)CC[C@]43O)C2)[C@@H]1O. The van der Waals surface area contributed by atoms with Crippen molar-refractivity contribution in [2.75, 3.05) is 25.1 Å². The lowest BCUT2D eigenvalue weighted by Crippen LogP contribution is -2.83. The minimum Gasteiger partial charge on any atom is -0.458 e. The second-order valence-corrected chi connectivity index (χ2v) is 20.7. The fourth-order valence-electron chi connectivity index (χ4n) is 17.6. The van der Waals surface area contributed by atoms with Crippen LogP contribution in [0.3, 0.4) is 0 Å². The number of carbonyl (C=O) groups excluding carboxylic acids is 2. The molecule has 3 N–H and O–H groups in total. The van der Waals surface area contributed by atoms with Crippen LogP contribution in [0.2, 0.25) is 0 Å². The van der Waals surface area contributed by atoms with Gasteiger partial charge in [-0.15, -0.1) is 0 Å². The Morgan fingerprint density at radius 2 is 1.83 bits per heavy atom. The number of ether oxygens (including phenoxy) is 2. The maximum atomic E-state index is 14.5. The first kappa shape index (κ1) is 34.8. The van der Waals surface area contributed by atoms with Gasteiger partial charge in [-0.05, 0) is 116 Å². The van der Waals surface area contributed by atoms with E-state index in [-0.39, 0.29) is 88.5 Å². The molecular formula is C45H61N2O7+. The number of piperidine rings is 4. The zero-order valence-electron chi connectivity index (χ0n) is 32.7. The summed E-state index contributed by atoms with van der Waals surface area (Å²) in [4.78, 5) is 28.8. The van der Waals surface area contributed by atoms with Gasteiger partial charge in [0.15, 0.2) is 12.8 Å². The van der Waals surface area contributed by atoms with Gasteiger partial charge in [-0.3, -0.25) is 4.48 Å². The van der Waals surface area contributed by atoms with Gasteiger partial charge >= 0.3 is 11.9 Å². The molecule has 9 heteroatoms. The zero-order valence-corrected chi connectivity index (χ0v) is 32.7. The third kappa shape index (κ3) is 3.88. The molecule has 9 nitrogen and oxygen atoms in total. The van der Waals surface area contributed by atoms with Crippen LogP contribution in [-0.2, 0) is 24.5 Å². The summed E-state index contributed by atoms with van der Waals surface area (Å²) in [6.45, 7) is 7.48. The van der Waals surface area contributed by atoms with Crippen LogP contribution in [0.15, 0.2) is 35.9 Å². The van der Waals surface area contributed by atoms with E-state index in [0.717, 1.165) is 82.6 Å². The predicted octanol–water partition coefficient (Wildman–Crippen LogP) is 5.24. The van der Waals surface area contributed by atoms with E-state index in [2.05, 4.69) is 57.0 Å². The number of hydrogen-bond donors (Lipinski definition) is 3. The van der Waals surface area contributed by atoms with Crippen molar-refractivity contribution >= 4 is 17.6 Å². The van der Waals surface area contributed by atoms with Crippen LogP contribution < -0.4 is 4.90 Å². The predicted molar refractivity (Wildman–Crippen MR) is 201 cm³/mol. The molecule has 5 bridgehead atoms. The minimum absolute atomic E-state index is 0.0370. The smallest absolute Gasteiger partial charge is 0.362 e. The van der Waals surface area contributed by atoms with E-state index >= 15 is 0 Å². The number of hydrogen-bond acceptors (Lipinski definition) is 8. The number of cyclic esters (lactones) is 1. The highest BCUT2D eigenvalue weighted by molar-refractivity contribution is 5.85. The number of quaternary nitrogens is 1. The molecule has 9 fully saturated rings. The highest BCUT2D eigenvalue weighted by Crippen LogP contribution is 2.73. The van der Waals surface area contributed by atoms with E-state index in [1.54, 1.807) is 6.08 Å². The lowest BCUT2D eigenvalue weighted by molar-refractivity contribution is -1.03. The average Bonchev–Trinajstić information content (AvgIpc) is 3.83. The Balaban J connectivity index is 0.829. The average molecular weight is 742 g/mol. The second kappa shape index (κ2) is 11.1. The molecule has 1 aromatic rings. The first-order chi connectivity index (χ1) is 25.8. The summed E-state index contributed by atoms with van der Waals surface area (Å²) in [6, 6.07) is 8.74. The zero-order chi connectivity index (χ0) is 37.3. The van der Waals surface area contributed by atoms with E-state index in [4.69, 9.17) is 9.47 Å². The van der Waals surface area contributed by atoms with Crippen molar-refractivity contribution in [2.24, 2.45) is 52.3 Å². The van der Waals surface area contributed by atoms with Crippen molar-refractivity contribution in [3.8, 4) is 0 Å². The van der Waals surface area contributed by atoms with Crippen molar-refractivity contribution in [1.29, 1.82) is 0 Å². The molecule has 11 aliphatic rings. The first-order valence-corrected chi connectivity index (χ1v) is 21.7. The Kier molecular flexibility index (Phi) is 7.17. The summed E-state index contributed by atoms with van der Waals surface area (Å²) >= 11 is 0. The third-order valence-electron chi connectivity index (χ3n) is 19.8. The molecular weight excluding hydrogens is 681 g/mol. The van der Waals surface area contributed by atoms with Gasteiger partial charge in [0.05, 0.1) is 29.2 Å². The Bertz CT molecular complexity index is 1830. The fourth-order valence-corrected chi connectivity index (χ4v) is 17.6. The van der Waals surface area contributed by atoms with Crippen LogP contribution in [0.25, 0.3) is 0 Å². The third-order valence-corrected chi connectivity index (χ3v) is 19.8. The van der Waals surface area contributed by atoms with Crippen LogP contribution in [0.5, 0.6) is 0 Å². The molecule has 0 unspecified atom stereocenters. The highest BCUT2D eigenvalue weighted by Gasteiger charge is 2.83. The topological polar surface area (TPSA) is 117 Å². The second-order valence-electron chi connectivity index (χ2n) is 20.7. The van der Waals surface area contributed by atoms with Crippen LogP contribution in [0.4, 0.5) is 5.69 Å². The molecule has 5 aliphatic carbocycles. The van der Waals surface area contributed by atoms with E-state index in [0.29, 0.717) is 22.9 Å². The van der Waals surface area contributed by atoms with Crippen LogP contribution >= 0.6 is 0 Å². The Morgan fingerprint density at radius 1 is 1.02 bits per heavy atom. The number of anilines is 1. The van der Waals surface area contributed by atoms with E-state index in [1.165, 1.54) is 11.3 Å². The largest absolute Gasteiger partial charge is 0.458 e. The summed E-state index contributed by atoms with van der Waals surface area (Å²) in [7, 11) is 2.17. The standard InChI is InChI=1S/C45H61N2O7/c1-5-27-28-20-34-39-44(32-8-6-7-9-33(32)46(39)4)21-35(38(28)40(44)50)47(34,41(27)51)22-37(49)54-26-12-15-42(2)25(19-26)10-11-31-30(42)13-16-43(3)29(14-17-45(31,43)52)24-18-36(48)53-23-24/h6-9,18,25-31,34-35,38-41,50-52H,5,10-17,19-23H2,1-4H3/q+1/t25-,26+,27+,28-,29-,30+,31-,34+,35+,38-,39+,40+,41-,42+,43-,44-,45+,47+/m1/s1. The van der Waals surface area contributed by atoms with E-state index in [9.17, 15) is 24.9 Å². The number of rotatable bonds is 5. The quantitative estimate of drug-likeness (QED) is 0.278. The Hall–Kier alpha value is -2.46. The van der Waals surface area contributed by atoms with Gasteiger partial charge in [-0.1, -0.05) is 39.0 Å². The van der Waals surface area contributed by atoms with Gasteiger partial charge in [0.2, 0.25) is 0 Å². The maximum absolute atomic E-state index is 14.5. The van der Waals surface area contributed by atoms with Gasteiger partial charge < -0.3 is 29.7 Å². The molecule has 1 aromatic carbocycles. The number of aliphatic hydroxyl groups excluding tert-OH is 2. The summed E-state index contributed by atoms with van der Waals surface area (Å²) in [6.07, 6.45) is 11.5. The van der Waals surface area contributed by atoms with Crippen molar-refractivity contribution in [3.05, 3.63) is 41.5 Å². The van der Waals surface area contributed by atoms with Crippen molar-refractivity contribution in [2.45, 2.75) is 145 Å². The normalized spacial score (nSPS) is 54.4. The Labute approximate surface area is 320 Å². The molecule has 6 heterocycles. The molecule has 54 heavy (non-hydrogen) atoms. The van der Waals surface area contributed by atoms with Gasteiger partial charge in [0.25, 0.3) is 0 Å². The van der Waals surface area contributed by atoms with Crippen molar-refractivity contribution < 1.29 is 38.9 Å². The Morgan fingerprint density at radius 3 is 2.61 bits per heavy atom. The van der Waals surface area contributed by atoms with E-state index in [1.807, 2.05) is 0 Å². The number of aliphatic hydroxyl groups is 3. The molecule has 1 spiro atoms. The molecule has 6 aliphatic heterocycles. The van der Waals surface area contributed by atoms with Gasteiger partial charge in [-0.25, -0.2) is 9.59 Å². The van der Waals surface area contributed by atoms with Gasteiger partial charge in [0, 0.05) is 48.9 Å². The highest BCUT2D eigenvalue weighted by atomic mass is 16.5. The summed E-state index contributed by atoms with van der Waals surface area (Å²) in [5.74, 6) is 1.32. The molecule has 5 saturated carbocycles. The number of para-hydroxylation sites is 1. The first-order valence-electron chi connectivity index (χ1n) is 21.7. The van der Waals surface area contributed by atoms with Crippen LogP contribution in [-0.4, -0.2) is 94.1 Å². The van der Waals surface area contributed by atoms with Crippen LogP contribution in [0, 0.1) is 52.3 Å². The summed E-state index contributed by atoms with van der Waals surface area (Å²) in [5.41, 5.74) is 2.28. The molecule has 0 amide bonds. The van der Waals surface area contributed by atoms with Crippen molar-refractivity contribution in [1.82, 2.24) is 0 Å². The number of esters is 2. The number of nitrogens with zero attached hydrogens (tertiary/aromatic N) is 2. The molecule has 292 valence electrons. The van der Waals surface area contributed by atoms with Crippen LogP contribution in [0.1, 0.15) is 103 Å². The van der Waals surface area contributed by atoms with Gasteiger partial charge in [-0.2, -0.15) is 0 Å². The number of likely N-dealkylation sites (N-methyl/N-ethyl adjacent to an activating group) is 1. The van der Waals surface area contributed by atoms with Crippen molar-refractivity contribution in [3.63, 3.8) is 0 Å². The van der Waals surface area contributed by atoms with Gasteiger partial charge in [0.1, 0.15) is 18.8 Å². The lowest BCUT2D eigenvalue weighted by atomic mass is 9.43. The summed E-state index contributed by atoms with van der Waals surface area (Å²) in [5, 5.41) is 37.5. The van der Waals surface area contributed by atoms with E-state index < -0.39 is 17.9 Å². The molecule has 0 radical (unpaired) electrons. The monoisotopic (exact) mass is 741 g/mol. The molecule has 18 atom stereocenters. The number of fused-ring (bicyclic) bond motifs is 7. The number of benzene rings is 1. The summed E-state index contributed by atoms with van der Waals surface area (Å²) < 4.78 is 12.3. The molecule has 0 aromatic heterocycles. The molecule has 4 saturated heterocycles. The lowest BCUT2D eigenvalue weighted by Gasteiger charge is -2.67. The number of carbonyl (C=O) groups is 2. The molecule has 12 rings (SSSR count).